The van der Waals surface area contributed by atoms with Gasteiger partial charge >= 0.3 is 0 Å². The van der Waals surface area contributed by atoms with Crippen molar-refractivity contribution >= 4 is 34.6 Å². The summed E-state index contributed by atoms with van der Waals surface area (Å²) in [5.74, 6) is 0.315. The molecule has 5 rings (SSSR count). The average molecular weight is 443 g/mol. The van der Waals surface area contributed by atoms with Gasteiger partial charge in [-0.05, 0) is 37.1 Å². The first-order valence-electron chi connectivity index (χ1n) is 10.2. The highest BCUT2D eigenvalue weighted by molar-refractivity contribution is 6.31. The minimum absolute atomic E-state index is 0.106. The number of hydrogen-bond acceptors (Lipinski definition) is 7. The highest BCUT2D eigenvalue weighted by atomic mass is 35.5. The molecule has 1 saturated carbocycles. The van der Waals surface area contributed by atoms with Crippen molar-refractivity contribution in [3.05, 3.63) is 47.1 Å². The highest BCUT2D eigenvalue weighted by Gasteiger charge is 2.53. The molecule has 162 valence electrons. The van der Waals surface area contributed by atoms with Crippen LogP contribution in [-0.4, -0.2) is 55.3 Å². The number of amides is 1. The fourth-order valence-corrected chi connectivity index (χ4v) is 4.56. The summed E-state index contributed by atoms with van der Waals surface area (Å²) in [5, 5.41) is 3.76. The Balaban J connectivity index is 1.12. The summed E-state index contributed by atoms with van der Waals surface area (Å²) in [5.41, 5.74) is 2.28. The monoisotopic (exact) mass is 442 g/mol. The van der Waals surface area contributed by atoms with Crippen LogP contribution in [0.4, 0.5) is 6.01 Å². The normalized spacial score (nSPS) is 17.4. The Labute approximate surface area is 184 Å². The zero-order chi connectivity index (χ0) is 21.4. The topological polar surface area (TPSA) is 89.7 Å². The molecule has 3 aromatic rings. The van der Waals surface area contributed by atoms with Crippen LogP contribution in [0.1, 0.15) is 23.2 Å². The molecular formula is C22H23ClN4O4. The Kier molecular flexibility index (Phi) is 5.19. The van der Waals surface area contributed by atoms with Gasteiger partial charge in [-0.25, -0.2) is 4.98 Å². The van der Waals surface area contributed by atoms with Crippen molar-refractivity contribution in [3.63, 3.8) is 0 Å². The smallest absolute Gasteiger partial charge is 0.298 e. The van der Waals surface area contributed by atoms with Crippen LogP contribution in [0.5, 0.6) is 5.88 Å². The van der Waals surface area contributed by atoms with Gasteiger partial charge in [0.05, 0.1) is 6.61 Å². The molecule has 1 N–H and O–H groups in total. The van der Waals surface area contributed by atoms with Crippen LogP contribution < -0.4 is 15.0 Å². The van der Waals surface area contributed by atoms with E-state index in [1.54, 1.807) is 31.5 Å². The van der Waals surface area contributed by atoms with Gasteiger partial charge < -0.3 is 24.1 Å². The van der Waals surface area contributed by atoms with Crippen LogP contribution in [-0.2, 0) is 4.74 Å². The number of pyridine rings is 1. The number of oxazole rings is 1. The number of halogens is 1. The van der Waals surface area contributed by atoms with E-state index in [1.165, 1.54) is 0 Å². The van der Waals surface area contributed by atoms with Crippen LogP contribution in [0.2, 0.25) is 5.02 Å². The predicted octanol–water partition coefficient (Wildman–Crippen LogP) is 3.30. The summed E-state index contributed by atoms with van der Waals surface area (Å²) in [6, 6.07) is 9.60. The Morgan fingerprint density at radius 2 is 2.13 bits per heavy atom. The Bertz CT molecular complexity index is 1100. The molecule has 0 unspecified atom stereocenters. The molecular weight excluding hydrogens is 420 g/mol. The van der Waals surface area contributed by atoms with Crippen LogP contribution in [0.3, 0.4) is 0 Å². The number of anilines is 1. The standard InChI is InChI=1S/C22H23ClN4O4/c1-29-6-7-30-19-8-14(4-5-24-19)20(28)25-16-10-22(11-16)12-27(13-22)21-26-17-9-15(23)2-3-18(17)31-21/h2-5,8-9,16H,6-7,10-13H2,1H3,(H,25,28). The molecule has 9 heteroatoms. The molecule has 2 aromatic heterocycles. The molecule has 2 fully saturated rings. The third-order valence-electron chi connectivity index (χ3n) is 5.89. The van der Waals surface area contributed by atoms with E-state index in [1.807, 2.05) is 12.1 Å². The van der Waals surface area contributed by atoms with Gasteiger partial charge in [-0.2, -0.15) is 4.98 Å². The molecule has 0 radical (unpaired) electrons. The van der Waals surface area contributed by atoms with Gasteiger partial charge in [-0.1, -0.05) is 11.6 Å². The zero-order valence-corrected chi connectivity index (χ0v) is 17.9. The molecule has 2 aliphatic rings. The van der Waals surface area contributed by atoms with Crippen LogP contribution in [0.15, 0.2) is 40.9 Å². The largest absolute Gasteiger partial charge is 0.475 e. The minimum atomic E-state index is -0.106. The molecule has 1 aromatic carbocycles. The summed E-state index contributed by atoms with van der Waals surface area (Å²) in [6.45, 7) is 2.62. The second-order valence-electron chi connectivity index (χ2n) is 8.27. The van der Waals surface area contributed by atoms with Gasteiger partial charge in [0, 0.05) is 54.5 Å². The number of carbonyl (C=O) groups is 1. The van der Waals surface area contributed by atoms with Gasteiger partial charge in [0.2, 0.25) is 5.88 Å². The van der Waals surface area contributed by atoms with Gasteiger partial charge in [0.1, 0.15) is 12.1 Å². The van der Waals surface area contributed by atoms with E-state index in [-0.39, 0.29) is 17.4 Å². The molecule has 1 amide bonds. The summed E-state index contributed by atoms with van der Waals surface area (Å²) < 4.78 is 16.3. The minimum Gasteiger partial charge on any atom is -0.475 e. The molecule has 1 aliphatic carbocycles. The van der Waals surface area contributed by atoms with E-state index in [4.69, 9.17) is 25.5 Å². The number of ether oxygens (including phenoxy) is 2. The number of benzene rings is 1. The maximum absolute atomic E-state index is 12.6. The number of aromatic nitrogens is 2. The molecule has 0 bridgehead atoms. The van der Waals surface area contributed by atoms with Gasteiger partial charge in [0.15, 0.2) is 5.58 Å². The molecule has 3 heterocycles. The van der Waals surface area contributed by atoms with E-state index in [0.29, 0.717) is 35.7 Å². The predicted molar refractivity (Wildman–Crippen MR) is 116 cm³/mol. The maximum Gasteiger partial charge on any atom is 0.298 e. The average Bonchev–Trinajstić information content (AvgIpc) is 3.11. The van der Waals surface area contributed by atoms with Gasteiger partial charge in [-0.15, -0.1) is 0 Å². The van der Waals surface area contributed by atoms with Crippen LogP contribution >= 0.6 is 11.6 Å². The molecule has 1 spiro atoms. The van der Waals surface area contributed by atoms with E-state index in [2.05, 4.69) is 20.2 Å². The SMILES string of the molecule is COCCOc1cc(C(=O)NC2CC3(C2)CN(c2nc4cc(Cl)ccc4o2)C3)ccn1. The first-order valence-corrected chi connectivity index (χ1v) is 10.6. The quantitative estimate of drug-likeness (QED) is 0.561. The third-order valence-corrected chi connectivity index (χ3v) is 6.12. The number of hydrogen-bond donors (Lipinski definition) is 1. The molecule has 8 nitrogen and oxygen atoms in total. The van der Waals surface area contributed by atoms with Crippen molar-refractivity contribution in [1.29, 1.82) is 0 Å². The lowest BCUT2D eigenvalue weighted by molar-refractivity contribution is 0.0414. The van der Waals surface area contributed by atoms with Crippen molar-refractivity contribution < 1.29 is 18.7 Å². The number of nitrogens with one attached hydrogen (secondary N) is 1. The van der Waals surface area contributed by atoms with Gasteiger partial charge in [-0.3, -0.25) is 4.79 Å². The number of methoxy groups -OCH3 is 1. The lowest BCUT2D eigenvalue weighted by atomic mass is 9.60. The van der Waals surface area contributed by atoms with Crippen molar-refractivity contribution in [1.82, 2.24) is 15.3 Å². The Morgan fingerprint density at radius 1 is 1.29 bits per heavy atom. The molecule has 31 heavy (non-hydrogen) atoms. The summed E-state index contributed by atoms with van der Waals surface area (Å²) in [6.07, 6.45) is 3.48. The van der Waals surface area contributed by atoms with Crippen molar-refractivity contribution in [2.24, 2.45) is 5.41 Å². The molecule has 1 saturated heterocycles. The van der Waals surface area contributed by atoms with Gasteiger partial charge in [0.25, 0.3) is 11.9 Å². The zero-order valence-electron chi connectivity index (χ0n) is 17.1. The lowest BCUT2D eigenvalue weighted by Gasteiger charge is -2.58. The summed E-state index contributed by atoms with van der Waals surface area (Å²) in [4.78, 5) is 23.4. The van der Waals surface area contributed by atoms with Crippen LogP contribution in [0.25, 0.3) is 11.1 Å². The number of rotatable bonds is 7. The van der Waals surface area contributed by atoms with Crippen LogP contribution in [0, 0.1) is 5.41 Å². The van der Waals surface area contributed by atoms with Crippen molar-refractivity contribution in [2.45, 2.75) is 18.9 Å². The highest BCUT2D eigenvalue weighted by Crippen LogP contribution is 2.49. The third kappa shape index (κ3) is 4.05. The lowest BCUT2D eigenvalue weighted by Crippen LogP contribution is -2.66. The fraction of sp³-hybridized carbons (Fsp3) is 0.409. The van der Waals surface area contributed by atoms with E-state index < -0.39 is 0 Å². The second-order valence-corrected chi connectivity index (χ2v) is 8.70. The fourth-order valence-electron chi connectivity index (χ4n) is 4.40. The van der Waals surface area contributed by atoms with E-state index in [9.17, 15) is 4.79 Å². The van der Waals surface area contributed by atoms with Crippen molar-refractivity contribution in [2.75, 3.05) is 38.3 Å². The van der Waals surface area contributed by atoms with E-state index >= 15 is 0 Å². The summed E-state index contributed by atoms with van der Waals surface area (Å²) >= 11 is 6.03. The summed E-state index contributed by atoms with van der Waals surface area (Å²) in [7, 11) is 1.61. The number of nitrogens with zero attached hydrogens (tertiary/aromatic N) is 3. The Hall–Kier alpha value is -2.84. The Morgan fingerprint density at radius 3 is 2.94 bits per heavy atom. The first kappa shape index (κ1) is 20.1. The van der Waals surface area contributed by atoms with E-state index in [0.717, 1.165) is 37.0 Å². The first-order chi connectivity index (χ1) is 15.0. The second kappa shape index (κ2) is 8.01. The van der Waals surface area contributed by atoms with Crippen molar-refractivity contribution in [3.8, 4) is 5.88 Å². The molecule has 0 atom stereocenters. The number of carbonyl (C=O) groups excluding carboxylic acids is 1. The number of fused-ring (bicyclic) bond motifs is 1. The molecule has 1 aliphatic heterocycles. The maximum atomic E-state index is 12.6.